The molecule has 18 heavy (non-hydrogen) atoms. The molecule has 0 radical (unpaired) electrons. The highest BCUT2D eigenvalue weighted by atomic mass is 16.4. The summed E-state index contributed by atoms with van der Waals surface area (Å²) in [4.78, 5) is 12.0. The van der Waals surface area contributed by atoms with E-state index in [-0.39, 0.29) is 5.41 Å². The molecular weight excluding hydrogens is 224 g/mol. The summed E-state index contributed by atoms with van der Waals surface area (Å²) < 4.78 is 0. The van der Waals surface area contributed by atoms with Gasteiger partial charge in [-0.15, -0.1) is 0 Å². The van der Waals surface area contributed by atoms with Crippen molar-refractivity contribution < 1.29 is 9.90 Å². The van der Waals surface area contributed by atoms with Crippen LogP contribution >= 0.6 is 0 Å². The van der Waals surface area contributed by atoms with Gasteiger partial charge in [-0.3, -0.25) is 4.79 Å². The lowest BCUT2D eigenvalue weighted by Crippen LogP contribution is -2.43. The minimum atomic E-state index is -0.491. The van der Waals surface area contributed by atoms with Gasteiger partial charge in [0.2, 0.25) is 0 Å². The van der Waals surface area contributed by atoms with Gasteiger partial charge in [0.25, 0.3) is 0 Å². The molecule has 1 N–H and O–H groups in total. The zero-order valence-electron chi connectivity index (χ0n) is 11.8. The molecule has 0 aromatic heterocycles. The number of carboxylic acids is 1. The standard InChI is InChI=1S/C16H28O2/c1-2-13-9-5-6-10-14(13)16(15(17)18)11-7-3-4-8-12-16/h13-14H,2-12H2,1H3,(H,17,18). The van der Waals surface area contributed by atoms with Crippen LogP contribution in [-0.2, 0) is 4.79 Å². The Hall–Kier alpha value is -0.530. The lowest BCUT2D eigenvalue weighted by atomic mass is 9.60. The fourth-order valence-corrected chi connectivity index (χ4v) is 4.53. The topological polar surface area (TPSA) is 37.3 Å². The Labute approximate surface area is 111 Å². The minimum absolute atomic E-state index is 0.377. The van der Waals surface area contributed by atoms with Crippen LogP contribution in [0.3, 0.4) is 0 Å². The second-order valence-electron chi connectivity index (χ2n) is 6.43. The van der Waals surface area contributed by atoms with E-state index in [2.05, 4.69) is 6.92 Å². The highest BCUT2D eigenvalue weighted by Gasteiger charge is 2.48. The highest BCUT2D eigenvalue weighted by Crippen LogP contribution is 2.50. The Bertz CT molecular complexity index is 277. The van der Waals surface area contributed by atoms with Gasteiger partial charge in [-0.25, -0.2) is 0 Å². The van der Waals surface area contributed by atoms with Crippen LogP contribution in [0, 0.1) is 17.3 Å². The molecule has 0 amide bonds. The molecule has 0 saturated heterocycles. The van der Waals surface area contributed by atoms with Crippen LogP contribution in [-0.4, -0.2) is 11.1 Å². The molecule has 2 rings (SSSR count). The Morgan fingerprint density at radius 1 is 1.06 bits per heavy atom. The Morgan fingerprint density at radius 3 is 2.22 bits per heavy atom. The molecule has 2 saturated carbocycles. The molecule has 2 heteroatoms. The van der Waals surface area contributed by atoms with Crippen LogP contribution in [0.5, 0.6) is 0 Å². The van der Waals surface area contributed by atoms with Crippen molar-refractivity contribution in [3.8, 4) is 0 Å². The third-order valence-electron chi connectivity index (χ3n) is 5.56. The van der Waals surface area contributed by atoms with Crippen molar-refractivity contribution in [2.75, 3.05) is 0 Å². The SMILES string of the molecule is CCC1CCCCC1C1(C(=O)O)CCCCCC1. The molecule has 2 atom stereocenters. The second kappa shape index (κ2) is 6.08. The van der Waals surface area contributed by atoms with Crippen molar-refractivity contribution in [2.45, 2.75) is 77.6 Å². The number of carboxylic acid groups (broad SMARTS) is 1. The predicted octanol–water partition coefficient (Wildman–Crippen LogP) is 4.63. The lowest BCUT2D eigenvalue weighted by Gasteiger charge is -2.43. The summed E-state index contributed by atoms with van der Waals surface area (Å²) in [6, 6.07) is 0. The summed E-state index contributed by atoms with van der Waals surface area (Å²) in [5.74, 6) is 0.620. The maximum absolute atomic E-state index is 12.0. The summed E-state index contributed by atoms with van der Waals surface area (Å²) in [6.45, 7) is 2.25. The fourth-order valence-electron chi connectivity index (χ4n) is 4.53. The molecule has 2 nitrogen and oxygen atoms in total. The quantitative estimate of drug-likeness (QED) is 0.744. The molecule has 0 aromatic carbocycles. The molecule has 0 spiro atoms. The Kier molecular flexibility index (Phi) is 4.69. The van der Waals surface area contributed by atoms with Crippen LogP contribution in [0.1, 0.15) is 77.6 Å². The maximum Gasteiger partial charge on any atom is 0.309 e. The second-order valence-corrected chi connectivity index (χ2v) is 6.43. The Morgan fingerprint density at radius 2 is 1.67 bits per heavy atom. The van der Waals surface area contributed by atoms with E-state index in [1.807, 2.05) is 0 Å². The van der Waals surface area contributed by atoms with Crippen LogP contribution in [0.2, 0.25) is 0 Å². The van der Waals surface area contributed by atoms with E-state index in [0.717, 1.165) is 32.1 Å². The van der Waals surface area contributed by atoms with Crippen molar-refractivity contribution in [3.05, 3.63) is 0 Å². The molecule has 2 aliphatic rings. The number of hydrogen-bond acceptors (Lipinski definition) is 1. The third kappa shape index (κ3) is 2.57. The van der Waals surface area contributed by atoms with E-state index in [1.165, 1.54) is 38.5 Å². The first kappa shape index (κ1) is 13.9. The predicted molar refractivity (Wildman–Crippen MR) is 73.5 cm³/mol. The fraction of sp³-hybridized carbons (Fsp3) is 0.938. The van der Waals surface area contributed by atoms with Crippen molar-refractivity contribution in [1.29, 1.82) is 0 Å². The lowest BCUT2D eigenvalue weighted by molar-refractivity contribution is -0.157. The van der Waals surface area contributed by atoms with Gasteiger partial charge in [0.1, 0.15) is 0 Å². The molecule has 2 aliphatic carbocycles. The molecule has 104 valence electrons. The van der Waals surface area contributed by atoms with Crippen LogP contribution in [0.15, 0.2) is 0 Å². The molecule has 2 fully saturated rings. The molecule has 0 aliphatic heterocycles. The first-order valence-corrected chi connectivity index (χ1v) is 7.94. The smallest absolute Gasteiger partial charge is 0.309 e. The first-order chi connectivity index (χ1) is 8.70. The maximum atomic E-state index is 12.0. The minimum Gasteiger partial charge on any atom is -0.481 e. The molecule has 0 aromatic rings. The number of aliphatic carboxylic acids is 1. The summed E-state index contributed by atoms with van der Waals surface area (Å²) in [5, 5.41) is 9.88. The Balaban J connectivity index is 2.23. The van der Waals surface area contributed by atoms with Crippen molar-refractivity contribution >= 4 is 5.97 Å². The van der Waals surface area contributed by atoms with Crippen LogP contribution < -0.4 is 0 Å². The van der Waals surface area contributed by atoms with Crippen LogP contribution in [0.4, 0.5) is 0 Å². The highest BCUT2D eigenvalue weighted by molar-refractivity contribution is 5.75. The van der Waals surface area contributed by atoms with Gasteiger partial charge in [0.05, 0.1) is 5.41 Å². The average molecular weight is 252 g/mol. The summed E-state index contributed by atoms with van der Waals surface area (Å²) in [5.41, 5.74) is -0.377. The van der Waals surface area contributed by atoms with Gasteiger partial charge >= 0.3 is 5.97 Å². The van der Waals surface area contributed by atoms with Gasteiger partial charge in [-0.05, 0) is 31.1 Å². The van der Waals surface area contributed by atoms with Gasteiger partial charge in [0.15, 0.2) is 0 Å². The van der Waals surface area contributed by atoms with Crippen molar-refractivity contribution in [2.24, 2.45) is 17.3 Å². The average Bonchev–Trinajstić information content (AvgIpc) is 2.65. The zero-order chi connectivity index (χ0) is 13.0. The number of rotatable bonds is 3. The van der Waals surface area contributed by atoms with E-state index in [1.54, 1.807) is 0 Å². The number of carbonyl (C=O) groups is 1. The van der Waals surface area contributed by atoms with E-state index in [4.69, 9.17) is 0 Å². The van der Waals surface area contributed by atoms with Gasteiger partial charge < -0.3 is 5.11 Å². The summed E-state index contributed by atoms with van der Waals surface area (Å²) >= 11 is 0. The zero-order valence-corrected chi connectivity index (χ0v) is 11.8. The van der Waals surface area contributed by atoms with E-state index in [0.29, 0.717) is 11.8 Å². The summed E-state index contributed by atoms with van der Waals surface area (Å²) in [7, 11) is 0. The van der Waals surface area contributed by atoms with Crippen molar-refractivity contribution in [1.82, 2.24) is 0 Å². The molecule has 0 bridgehead atoms. The van der Waals surface area contributed by atoms with Gasteiger partial charge in [0, 0.05) is 0 Å². The first-order valence-electron chi connectivity index (χ1n) is 7.94. The van der Waals surface area contributed by atoms with Gasteiger partial charge in [-0.2, -0.15) is 0 Å². The number of hydrogen-bond donors (Lipinski definition) is 1. The normalized spacial score (nSPS) is 32.7. The van der Waals surface area contributed by atoms with E-state index >= 15 is 0 Å². The van der Waals surface area contributed by atoms with E-state index < -0.39 is 5.97 Å². The van der Waals surface area contributed by atoms with E-state index in [9.17, 15) is 9.90 Å². The van der Waals surface area contributed by atoms with Crippen molar-refractivity contribution in [3.63, 3.8) is 0 Å². The summed E-state index contributed by atoms with van der Waals surface area (Å²) in [6.07, 6.45) is 12.7. The molecular formula is C16H28O2. The monoisotopic (exact) mass is 252 g/mol. The molecule has 2 unspecified atom stereocenters. The molecule has 0 heterocycles. The third-order valence-corrected chi connectivity index (χ3v) is 5.56. The largest absolute Gasteiger partial charge is 0.481 e. The van der Waals surface area contributed by atoms with Crippen LogP contribution in [0.25, 0.3) is 0 Å². The van der Waals surface area contributed by atoms with Gasteiger partial charge in [-0.1, -0.05) is 58.3 Å².